The number of aliphatic imine (C=N–C) groups is 1. The first kappa shape index (κ1) is 19.9. The van der Waals surface area contributed by atoms with E-state index >= 15 is 0 Å². The van der Waals surface area contributed by atoms with Gasteiger partial charge in [-0.3, -0.25) is 14.2 Å². The molecule has 3 heterocycles. The van der Waals surface area contributed by atoms with E-state index in [9.17, 15) is 4.79 Å². The van der Waals surface area contributed by atoms with Crippen molar-refractivity contribution in [1.82, 2.24) is 30.1 Å². The summed E-state index contributed by atoms with van der Waals surface area (Å²) in [6.45, 7) is 2.71. The third-order valence-corrected chi connectivity index (χ3v) is 5.37. The lowest BCUT2D eigenvalue weighted by Crippen LogP contribution is -2.39. The lowest BCUT2D eigenvalue weighted by atomic mass is 9.99. The minimum atomic E-state index is 0.212. The van der Waals surface area contributed by atoms with Gasteiger partial charge in [-0.2, -0.15) is 0 Å². The highest BCUT2D eigenvalue weighted by molar-refractivity contribution is 5.80. The highest BCUT2D eigenvalue weighted by atomic mass is 16.2. The number of hydrogen-bond donors (Lipinski definition) is 2. The number of guanidine groups is 1. The zero-order chi connectivity index (χ0) is 20.8. The van der Waals surface area contributed by atoms with Crippen LogP contribution < -0.4 is 10.6 Å². The topological polar surface area (TPSA) is 86.9 Å². The van der Waals surface area contributed by atoms with Gasteiger partial charge in [-0.1, -0.05) is 30.3 Å². The number of aromatic nitrogens is 3. The van der Waals surface area contributed by atoms with Crippen molar-refractivity contribution in [3.8, 4) is 0 Å². The average Bonchev–Trinajstić information content (AvgIpc) is 3.21. The third kappa shape index (κ3) is 4.59. The Kier molecular flexibility index (Phi) is 6.22. The molecule has 2 aromatic heterocycles. The number of hydrogen-bond acceptors (Lipinski definition) is 4. The smallest absolute Gasteiger partial charge is 0.222 e. The quantitative estimate of drug-likeness (QED) is 0.371. The Bertz CT molecular complexity index is 1040. The van der Waals surface area contributed by atoms with Crippen LogP contribution in [0.4, 0.5) is 0 Å². The molecule has 8 heteroatoms. The summed E-state index contributed by atoms with van der Waals surface area (Å²) in [5.41, 5.74) is 3.44. The zero-order valence-electron chi connectivity index (χ0n) is 17.2. The van der Waals surface area contributed by atoms with Gasteiger partial charge < -0.3 is 15.5 Å². The molecule has 0 saturated carbocycles. The summed E-state index contributed by atoms with van der Waals surface area (Å²) in [5.74, 6) is 1.71. The predicted octanol–water partition coefficient (Wildman–Crippen LogP) is 1.76. The van der Waals surface area contributed by atoms with Crippen molar-refractivity contribution in [2.45, 2.75) is 32.4 Å². The second kappa shape index (κ2) is 9.39. The van der Waals surface area contributed by atoms with Crippen LogP contribution in [-0.2, 0) is 24.3 Å². The van der Waals surface area contributed by atoms with E-state index < -0.39 is 0 Å². The number of benzene rings is 1. The monoisotopic (exact) mass is 405 g/mol. The van der Waals surface area contributed by atoms with Gasteiger partial charge in [0.15, 0.2) is 17.4 Å². The van der Waals surface area contributed by atoms with Gasteiger partial charge in [0, 0.05) is 39.3 Å². The van der Waals surface area contributed by atoms with Crippen molar-refractivity contribution in [1.29, 1.82) is 0 Å². The van der Waals surface area contributed by atoms with Gasteiger partial charge in [-0.15, -0.1) is 10.2 Å². The molecule has 30 heavy (non-hydrogen) atoms. The summed E-state index contributed by atoms with van der Waals surface area (Å²) in [6.07, 6.45) is 4.16. The molecule has 156 valence electrons. The van der Waals surface area contributed by atoms with Gasteiger partial charge in [0.2, 0.25) is 5.91 Å². The maximum absolute atomic E-state index is 12.6. The highest BCUT2D eigenvalue weighted by Crippen LogP contribution is 2.19. The van der Waals surface area contributed by atoms with Gasteiger partial charge in [0.05, 0.1) is 6.54 Å². The van der Waals surface area contributed by atoms with Gasteiger partial charge in [-0.25, -0.2) is 0 Å². The van der Waals surface area contributed by atoms with Crippen LogP contribution in [0.1, 0.15) is 29.8 Å². The van der Waals surface area contributed by atoms with E-state index in [2.05, 4.69) is 44.0 Å². The Morgan fingerprint density at radius 3 is 2.80 bits per heavy atom. The second-order valence-corrected chi connectivity index (χ2v) is 7.34. The van der Waals surface area contributed by atoms with Crippen LogP contribution in [0, 0.1) is 0 Å². The number of amides is 1. The molecule has 2 N–H and O–H groups in total. The summed E-state index contributed by atoms with van der Waals surface area (Å²) in [4.78, 5) is 18.8. The van der Waals surface area contributed by atoms with E-state index in [-0.39, 0.29) is 5.91 Å². The Labute approximate surface area is 176 Å². The molecule has 8 nitrogen and oxygen atoms in total. The van der Waals surface area contributed by atoms with Gasteiger partial charge >= 0.3 is 0 Å². The van der Waals surface area contributed by atoms with Crippen LogP contribution in [-0.4, -0.2) is 51.5 Å². The molecule has 1 aliphatic rings. The van der Waals surface area contributed by atoms with E-state index in [4.69, 9.17) is 0 Å². The van der Waals surface area contributed by atoms with Crippen molar-refractivity contribution in [3.63, 3.8) is 0 Å². The molecule has 0 fully saturated rings. The first-order valence-electron chi connectivity index (χ1n) is 10.3. The van der Waals surface area contributed by atoms with Gasteiger partial charge in [0.25, 0.3) is 0 Å². The molecule has 0 unspecified atom stereocenters. The van der Waals surface area contributed by atoms with Crippen LogP contribution >= 0.6 is 0 Å². The molecule has 0 spiro atoms. The summed E-state index contributed by atoms with van der Waals surface area (Å²) in [7, 11) is 1.73. The predicted molar refractivity (Wildman–Crippen MR) is 116 cm³/mol. The Balaban J connectivity index is 1.19. The van der Waals surface area contributed by atoms with Crippen molar-refractivity contribution in [2.75, 3.05) is 20.1 Å². The maximum atomic E-state index is 12.6. The molecular weight excluding hydrogens is 378 g/mol. The fraction of sp³-hybridized carbons (Fsp3) is 0.364. The minimum Gasteiger partial charge on any atom is -0.356 e. The van der Waals surface area contributed by atoms with E-state index in [1.807, 2.05) is 39.8 Å². The van der Waals surface area contributed by atoms with Crippen molar-refractivity contribution in [2.24, 2.45) is 4.99 Å². The fourth-order valence-electron chi connectivity index (χ4n) is 3.71. The summed E-state index contributed by atoms with van der Waals surface area (Å²) < 4.78 is 1.94. The molecule has 1 aliphatic heterocycles. The first-order chi connectivity index (χ1) is 14.7. The standard InChI is InChI=1S/C22H27N7O/c1-23-22(25-15-20-27-26-19-9-4-5-13-29(19)20)24-12-6-10-21(30)28-14-11-17-7-2-3-8-18(17)16-28/h2-5,7-9,13H,6,10-12,14-16H2,1H3,(H2,23,24,25). The molecule has 1 aromatic carbocycles. The molecule has 0 saturated heterocycles. The van der Waals surface area contributed by atoms with Crippen molar-refractivity contribution in [3.05, 3.63) is 65.6 Å². The minimum absolute atomic E-state index is 0.212. The molecule has 3 aromatic rings. The molecule has 0 bridgehead atoms. The first-order valence-corrected chi connectivity index (χ1v) is 10.3. The average molecular weight is 406 g/mol. The number of nitrogens with zero attached hydrogens (tertiary/aromatic N) is 5. The molecule has 0 atom stereocenters. The summed E-state index contributed by atoms with van der Waals surface area (Å²) in [5, 5.41) is 14.9. The van der Waals surface area contributed by atoms with Gasteiger partial charge in [-0.05, 0) is 36.1 Å². The SMILES string of the molecule is CN=C(NCCCC(=O)N1CCc2ccccc2C1)NCc1nnc2ccccn12. The number of pyridine rings is 1. The maximum Gasteiger partial charge on any atom is 0.222 e. The third-order valence-electron chi connectivity index (χ3n) is 5.37. The summed E-state index contributed by atoms with van der Waals surface area (Å²) in [6, 6.07) is 14.2. The van der Waals surface area contributed by atoms with E-state index in [1.165, 1.54) is 11.1 Å². The molecular formula is C22H27N7O. The normalized spacial score (nSPS) is 13.9. The van der Waals surface area contributed by atoms with E-state index in [0.717, 1.165) is 37.4 Å². The Hall–Kier alpha value is -3.42. The number of fused-ring (bicyclic) bond motifs is 2. The van der Waals surface area contributed by atoms with Crippen molar-refractivity contribution >= 4 is 17.5 Å². The van der Waals surface area contributed by atoms with E-state index in [0.29, 0.717) is 25.5 Å². The van der Waals surface area contributed by atoms with Crippen LogP contribution in [0.15, 0.2) is 53.7 Å². The van der Waals surface area contributed by atoms with Crippen LogP contribution in [0.25, 0.3) is 5.65 Å². The number of carbonyl (C=O) groups is 1. The van der Waals surface area contributed by atoms with E-state index in [1.54, 1.807) is 7.05 Å². The Morgan fingerprint density at radius 1 is 1.10 bits per heavy atom. The van der Waals surface area contributed by atoms with Gasteiger partial charge in [0.1, 0.15) is 0 Å². The Morgan fingerprint density at radius 2 is 1.93 bits per heavy atom. The van der Waals surface area contributed by atoms with Crippen LogP contribution in [0.5, 0.6) is 0 Å². The fourth-order valence-corrected chi connectivity index (χ4v) is 3.71. The van der Waals surface area contributed by atoms with Crippen molar-refractivity contribution < 1.29 is 4.79 Å². The van der Waals surface area contributed by atoms with Crippen LogP contribution in [0.3, 0.4) is 0 Å². The number of nitrogens with one attached hydrogen (secondary N) is 2. The zero-order valence-corrected chi connectivity index (χ0v) is 17.2. The lowest BCUT2D eigenvalue weighted by Gasteiger charge is -2.29. The molecule has 0 aliphatic carbocycles. The van der Waals surface area contributed by atoms with Crippen LogP contribution in [0.2, 0.25) is 0 Å². The largest absolute Gasteiger partial charge is 0.356 e. The molecule has 0 radical (unpaired) electrons. The molecule has 4 rings (SSSR count). The number of carbonyl (C=O) groups excluding carboxylic acids is 1. The second-order valence-electron chi connectivity index (χ2n) is 7.34. The summed E-state index contributed by atoms with van der Waals surface area (Å²) >= 11 is 0. The lowest BCUT2D eigenvalue weighted by molar-refractivity contribution is -0.132. The molecule has 1 amide bonds. The number of rotatable bonds is 6. The highest BCUT2D eigenvalue weighted by Gasteiger charge is 2.19.